The number of nitrogens with one attached hydrogen (secondary N) is 1. The van der Waals surface area contributed by atoms with Crippen LogP contribution in [-0.2, 0) is 14.8 Å². The molecule has 1 rings (SSSR count). The van der Waals surface area contributed by atoms with E-state index in [-0.39, 0.29) is 17.0 Å². The maximum absolute atomic E-state index is 12.4. The third-order valence-electron chi connectivity index (χ3n) is 3.55. The van der Waals surface area contributed by atoms with Crippen LogP contribution in [0.25, 0.3) is 0 Å². The van der Waals surface area contributed by atoms with Gasteiger partial charge in [-0.2, -0.15) is 0 Å². The molecule has 0 radical (unpaired) electrons. The van der Waals surface area contributed by atoms with Gasteiger partial charge in [-0.25, -0.2) is 13.1 Å². The van der Waals surface area contributed by atoms with Gasteiger partial charge in [0.2, 0.25) is 10.0 Å². The predicted octanol–water partition coefficient (Wildman–Crippen LogP) is 2.47. The Bertz CT molecular complexity index is 697. The molecule has 0 bridgehead atoms. The highest BCUT2D eigenvalue weighted by Gasteiger charge is 2.26. The smallest absolute Gasteiger partial charge is 0.289 e. The quantitative estimate of drug-likeness (QED) is 0.395. The molecule has 0 amide bonds. The maximum Gasteiger partial charge on any atom is 0.289 e. The summed E-state index contributed by atoms with van der Waals surface area (Å²) in [5, 5.41) is 11.0. The number of ether oxygens (including phenoxy) is 1. The van der Waals surface area contributed by atoms with Gasteiger partial charge in [0.1, 0.15) is 0 Å². The van der Waals surface area contributed by atoms with Crippen LogP contribution < -0.4 is 4.72 Å². The number of terminal acetylenes is 1. The molecule has 0 saturated carbocycles. The van der Waals surface area contributed by atoms with E-state index in [1.165, 1.54) is 24.3 Å². The number of nitrogens with zero attached hydrogens (tertiary/aromatic N) is 1. The Labute approximate surface area is 142 Å². The fraction of sp³-hybridized carbons (Fsp3) is 0.500. The van der Waals surface area contributed by atoms with Crippen LogP contribution >= 0.6 is 0 Å². The van der Waals surface area contributed by atoms with Gasteiger partial charge in [-0.05, 0) is 32.3 Å². The number of hydrogen-bond donors (Lipinski definition) is 1. The van der Waals surface area contributed by atoms with Crippen LogP contribution in [0.15, 0.2) is 29.2 Å². The first-order valence-corrected chi connectivity index (χ1v) is 9.02. The molecule has 0 aromatic heterocycles. The molecule has 132 valence electrons. The van der Waals surface area contributed by atoms with Crippen molar-refractivity contribution in [2.45, 2.75) is 49.6 Å². The standard InChI is InChI=1S/C16H22N2O5S/c1-4-8-14(23-3)10-7-9-13(2)17-24(21,22)16-12-6-5-11-15(16)18(19)20/h1,5-6,11-14,17H,7-10H2,2-3H3. The molecule has 0 fully saturated rings. The van der Waals surface area contributed by atoms with Gasteiger partial charge in [0.05, 0.1) is 11.0 Å². The van der Waals surface area contributed by atoms with Crippen molar-refractivity contribution in [3.05, 3.63) is 34.4 Å². The predicted molar refractivity (Wildman–Crippen MR) is 91.0 cm³/mol. The molecule has 1 aromatic carbocycles. The van der Waals surface area contributed by atoms with Crippen molar-refractivity contribution in [3.63, 3.8) is 0 Å². The van der Waals surface area contributed by atoms with Crippen molar-refractivity contribution in [1.29, 1.82) is 0 Å². The van der Waals surface area contributed by atoms with Crippen LogP contribution in [0.4, 0.5) is 5.69 Å². The second-order valence-corrected chi connectivity index (χ2v) is 7.13. The molecular weight excluding hydrogens is 332 g/mol. The molecule has 0 aliphatic carbocycles. The molecule has 0 spiro atoms. The van der Waals surface area contributed by atoms with Crippen molar-refractivity contribution in [1.82, 2.24) is 4.72 Å². The minimum atomic E-state index is -3.96. The van der Waals surface area contributed by atoms with Crippen LogP contribution in [0.3, 0.4) is 0 Å². The van der Waals surface area contributed by atoms with E-state index in [1.54, 1.807) is 14.0 Å². The summed E-state index contributed by atoms with van der Waals surface area (Å²) in [6, 6.07) is 4.91. The highest BCUT2D eigenvalue weighted by atomic mass is 32.2. The van der Waals surface area contributed by atoms with E-state index in [0.717, 1.165) is 12.8 Å². The number of para-hydroxylation sites is 1. The zero-order valence-corrected chi connectivity index (χ0v) is 14.6. The molecule has 2 atom stereocenters. The molecule has 8 heteroatoms. The summed E-state index contributed by atoms with van der Waals surface area (Å²) in [5.41, 5.74) is -0.439. The first-order valence-electron chi connectivity index (χ1n) is 7.53. The molecule has 24 heavy (non-hydrogen) atoms. The van der Waals surface area contributed by atoms with E-state index in [2.05, 4.69) is 10.6 Å². The monoisotopic (exact) mass is 354 g/mol. The highest BCUT2D eigenvalue weighted by Crippen LogP contribution is 2.23. The van der Waals surface area contributed by atoms with E-state index < -0.39 is 20.6 Å². The molecule has 1 N–H and O–H groups in total. The lowest BCUT2D eigenvalue weighted by Gasteiger charge is -2.16. The van der Waals surface area contributed by atoms with Crippen molar-refractivity contribution in [3.8, 4) is 12.3 Å². The number of benzene rings is 1. The zero-order valence-electron chi connectivity index (χ0n) is 13.8. The number of methoxy groups -OCH3 is 1. The number of nitro groups is 1. The topological polar surface area (TPSA) is 98.5 Å². The van der Waals surface area contributed by atoms with Gasteiger partial charge in [0, 0.05) is 25.6 Å². The molecule has 0 saturated heterocycles. The molecule has 0 aliphatic heterocycles. The van der Waals surface area contributed by atoms with Crippen molar-refractivity contribution >= 4 is 15.7 Å². The summed E-state index contributed by atoms with van der Waals surface area (Å²) in [6.07, 6.45) is 7.72. The SMILES string of the molecule is C#CCC(CCCC(C)NS(=O)(=O)c1ccccc1[N+](=O)[O-])OC. The van der Waals surface area contributed by atoms with E-state index in [9.17, 15) is 18.5 Å². The second kappa shape index (κ2) is 9.37. The Kier molecular flexibility index (Phi) is 7.85. The van der Waals surface area contributed by atoms with Crippen molar-refractivity contribution < 1.29 is 18.1 Å². The number of nitro benzene ring substituents is 1. The fourth-order valence-corrected chi connectivity index (χ4v) is 3.76. The maximum atomic E-state index is 12.4. The van der Waals surface area contributed by atoms with E-state index in [4.69, 9.17) is 11.2 Å². The Hall–Kier alpha value is -1.95. The molecule has 0 aliphatic rings. The van der Waals surface area contributed by atoms with E-state index >= 15 is 0 Å². The van der Waals surface area contributed by atoms with Crippen molar-refractivity contribution in [2.24, 2.45) is 0 Å². The summed E-state index contributed by atoms with van der Waals surface area (Å²) >= 11 is 0. The van der Waals surface area contributed by atoms with Crippen LogP contribution in [0.5, 0.6) is 0 Å². The third kappa shape index (κ3) is 5.92. The van der Waals surface area contributed by atoms with Crippen molar-refractivity contribution in [2.75, 3.05) is 7.11 Å². The Morgan fingerprint density at radius 1 is 1.38 bits per heavy atom. The number of hydrogen-bond acceptors (Lipinski definition) is 5. The van der Waals surface area contributed by atoms with Gasteiger partial charge >= 0.3 is 0 Å². The average molecular weight is 354 g/mol. The number of rotatable bonds is 10. The minimum Gasteiger partial charge on any atom is -0.380 e. The number of sulfonamides is 1. The van der Waals surface area contributed by atoms with Gasteiger partial charge in [0.25, 0.3) is 5.69 Å². The van der Waals surface area contributed by atoms with Gasteiger partial charge in [-0.1, -0.05) is 12.1 Å². The summed E-state index contributed by atoms with van der Waals surface area (Å²) in [4.78, 5) is 9.94. The molecule has 2 unspecified atom stereocenters. The van der Waals surface area contributed by atoms with Gasteiger partial charge in [-0.15, -0.1) is 12.3 Å². The normalized spacial score (nSPS) is 13.9. The van der Waals surface area contributed by atoms with E-state index in [0.29, 0.717) is 12.8 Å². The van der Waals surface area contributed by atoms with Crippen LogP contribution in [-0.4, -0.2) is 32.6 Å². The summed E-state index contributed by atoms with van der Waals surface area (Å²) in [6.45, 7) is 1.72. The van der Waals surface area contributed by atoms with Gasteiger partial charge in [0.15, 0.2) is 4.90 Å². The van der Waals surface area contributed by atoms with Gasteiger partial charge < -0.3 is 4.74 Å². The Morgan fingerprint density at radius 2 is 2.04 bits per heavy atom. The summed E-state index contributed by atoms with van der Waals surface area (Å²) in [7, 11) is -2.37. The largest absolute Gasteiger partial charge is 0.380 e. The van der Waals surface area contributed by atoms with Crippen LogP contribution in [0.1, 0.15) is 32.6 Å². The lowest BCUT2D eigenvalue weighted by Crippen LogP contribution is -2.33. The highest BCUT2D eigenvalue weighted by molar-refractivity contribution is 7.89. The summed E-state index contributed by atoms with van der Waals surface area (Å²) in [5.74, 6) is 2.53. The minimum absolute atomic E-state index is 0.0472. The average Bonchev–Trinajstić information content (AvgIpc) is 2.53. The second-order valence-electron chi connectivity index (χ2n) is 5.44. The van der Waals surface area contributed by atoms with Crippen LogP contribution in [0, 0.1) is 22.5 Å². The summed E-state index contributed by atoms with van der Waals surface area (Å²) < 4.78 is 32.4. The first kappa shape index (κ1) is 20.1. The third-order valence-corrected chi connectivity index (χ3v) is 5.19. The fourth-order valence-electron chi connectivity index (χ4n) is 2.31. The lowest BCUT2D eigenvalue weighted by atomic mass is 10.1. The Balaban J connectivity index is 2.68. The molecule has 7 nitrogen and oxygen atoms in total. The zero-order chi connectivity index (χ0) is 18.2. The van der Waals surface area contributed by atoms with Crippen LogP contribution in [0.2, 0.25) is 0 Å². The van der Waals surface area contributed by atoms with Gasteiger partial charge in [-0.3, -0.25) is 10.1 Å². The molecular formula is C16H22N2O5S. The van der Waals surface area contributed by atoms with E-state index in [1.807, 2.05) is 0 Å². The lowest BCUT2D eigenvalue weighted by molar-refractivity contribution is -0.387. The molecule has 1 aromatic rings. The molecule has 0 heterocycles. The first-order chi connectivity index (χ1) is 11.3. The Morgan fingerprint density at radius 3 is 2.62 bits per heavy atom.